The zero-order valence-corrected chi connectivity index (χ0v) is 20.6. The van der Waals surface area contributed by atoms with E-state index in [0.717, 1.165) is 63.6 Å². The van der Waals surface area contributed by atoms with Crippen LogP contribution in [0.15, 0.2) is 52.4 Å². The van der Waals surface area contributed by atoms with Gasteiger partial charge in [-0.1, -0.05) is 12.1 Å². The lowest BCUT2D eigenvalue weighted by Gasteiger charge is -2.40. The molecule has 2 aliphatic heterocycles. The zero-order chi connectivity index (χ0) is 25.3. The van der Waals surface area contributed by atoms with Gasteiger partial charge in [0, 0.05) is 49.9 Å². The van der Waals surface area contributed by atoms with Crippen molar-refractivity contribution >= 4 is 26.4 Å². The number of para-hydroxylation sites is 1. The molecule has 3 heterocycles. The molecule has 2 aromatic carbocycles. The van der Waals surface area contributed by atoms with Gasteiger partial charge in [0.1, 0.15) is 27.9 Å². The fraction of sp³-hybridized carbons (Fsp3) is 0.423. The fourth-order valence-corrected chi connectivity index (χ4v) is 6.67. The number of benzene rings is 2. The highest BCUT2D eigenvalue weighted by Crippen LogP contribution is 2.40. The molecule has 6 nitrogen and oxygen atoms in total. The van der Waals surface area contributed by atoms with Crippen LogP contribution in [0.25, 0.3) is 10.9 Å². The molecule has 5 rings (SSSR count). The van der Waals surface area contributed by atoms with Crippen molar-refractivity contribution in [2.24, 2.45) is 0 Å². The first-order valence-electron chi connectivity index (χ1n) is 12.2. The second-order valence-electron chi connectivity index (χ2n) is 9.30. The van der Waals surface area contributed by atoms with Gasteiger partial charge in [0.2, 0.25) is 9.84 Å². The van der Waals surface area contributed by atoms with Gasteiger partial charge in [-0.05, 0) is 43.9 Å². The molecule has 0 spiro atoms. The predicted molar refractivity (Wildman–Crippen MR) is 130 cm³/mol. The van der Waals surface area contributed by atoms with Gasteiger partial charge in [-0.3, -0.25) is 9.88 Å². The quantitative estimate of drug-likeness (QED) is 0.476. The number of hydrogen-bond acceptors (Lipinski definition) is 6. The van der Waals surface area contributed by atoms with Crippen molar-refractivity contribution in [3.05, 3.63) is 60.0 Å². The first-order valence-corrected chi connectivity index (χ1v) is 13.7. The number of piperidine rings is 1. The van der Waals surface area contributed by atoms with Gasteiger partial charge < -0.3 is 9.64 Å². The standard InChI is InChI=1S/C26H28F3N3O3S/c27-18-14-19(28)16-21(15-18)36(33,34)24-17-30-25-22(5-3-6-23(25)29)26(24)32-8-2-1-4-20(32)7-9-31-10-12-35-13-11-31/h3,5-6,14-17,20H,1-2,4,7-13H2/t20-/m1/s1. The summed E-state index contributed by atoms with van der Waals surface area (Å²) in [6, 6.07) is 6.69. The maximum absolute atomic E-state index is 14.7. The maximum atomic E-state index is 14.7. The Hall–Kier alpha value is -2.69. The molecule has 0 unspecified atom stereocenters. The van der Waals surface area contributed by atoms with Gasteiger partial charge >= 0.3 is 0 Å². The normalized spacial score (nSPS) is 19.6. The largest absolute Gasteiger partial charge is 0.379 e. The summed E-state index contributed by atoms with van der Waals surface area (Å²) in [6.07, 6.45) is 4.62. The number of hydrogen-bond donors (Lipinski definition) is 0. The first kappa shape index (κ1) is 25.0. The lowest BCUT2D eigenvalue weighted by atomic mass is 9.97. The molecule has 0 bridgehead atoms. The molecule has 2 aliphatic rings. The smallest absolute Gasteiger partial charge is 0.210 e. The molecule has 10 heteroatoms. The molecule has 0 amide bonds. The summed E-state index contributed by atoms with van der Waals surface area (Å²) in [5.74, 6) is -2.54. The van der Waals surface area contributed by atoms with Crippen LogP contribution in [-0.4, -0.2) is 63.7 Å². The Labute approximate surface area is 208 Å². The SMILES string of the molecule is O=S(=O)(c1cc(F)cc(F)c1)c1cnc2c(F)cccc2c1N1CCCC[C@@H]1CCN1CCOCC1. The van der Waals surface area contributed by atoms with Crippen LogP contribution < -0.4 is 4.90 Å². The summed E-state index contributed by atoms with van der Waals surface area (Å²) < 4.78 is 75.6. The molecule has 1 atom stereocenters. The Balaban J connectivity index is 1.62. The number of ether oxygens (including phenoxy) is 1. The summed E-state index contributed by atoms with van der Waals surface area (Å²) in [6.45, 7) is 4.49. The minimum Gasteiger partial charge on any atom is -0.379 e. The summed E-state index contributed by atoms with van der Waals surface area (Å²) in [4.78, 5) is 7.82. The van der Waals surface area contributed by atoms with E-state index in [9.17, 15) is 21.6 Å². The average Bonchev–Trinajstić information content (AvgIpc) is 2.87. The predicted octanol–water partition coefficient (Wildman–Crippen LogP) is 4.57. The lowest BCUT2D eigenvalue weighted by molar-refractivity contribution is 0.0362. The van der Waals surface area contributed by atoms with Crippen LogP contribution in [-0.2, 0) is 14.6 Å². The Kier molecular flexibility index (Phi) is 7.18. The molecule has 3 aromatic rings. The van der Waals surface area contributed by atoms with E-state index in [1.807, 2.05) is 4.90 Å². The summed E-state index contributed by atoms with van der Waals surface area (Å²) >= 11 is 0. The highest BCUT2D eigenvalue weighted by molar-refractivity contribution is 7.91. The number of morpholine rings is 1. The van der Waals surface area contributed by atoms with Gasteiger partial charge in [0.05, 0.1) is 23.8 Å². The lowest BCUT2D eigenvalue weighted by Crippen LogP contribution is -2.44. The Morgan fingerprint density at radius 1 is 1.00 bits per heavy atom. The second kappa shape index (κ2) is 10.4. The molecule has 2 saturated heterocycles. The van der Waals surface area contributed by atoms with E-state index in [1.54, 1.807) is 6.07 Å². The molecule has 2 fully saturated rings. The van der Waals surface area contributed by atoms with E-state index in [1.165, 1.54) is 12.1 Å². The molecule has 0 aliphatic carbocycles. The van der Waals surface area contributed by atoms with Crippen LogP contribution in [0.2, 0.25) is 0 Å². The van der Waals surface area contributed by atoms with Gasteiger partial charge in [-0.2, -0.15) is 0 Å². The van der Waals surface area contributed by atoms with Crippen LogP contribution in [0, 0.1) is 17.5 Å². The fourth-order valence-electron chi connectivity index (χ4n) is 5.21. The van der Waals surface area contributed by atoms with E-state index in [-0.39, 0.29) is 16.5 Å². The molecule has 192 valence electrons. The first-order chi connectivity index (χ1) is 17.3. The number of fused-ring (bicyclic) bond motifs is 1. The van der Waals surface area contributed by atoms with Crippen LogP contribution in [0.1, 0.15) is 25.7 Å². The van der Waals surface area contributed by atoms with Crippen molar-refractivity contribution in [3.63, 3.8) is 0 Å². The molecule has 0 saturated carbocycles. The third-order valence-electron chi connectivity index (χ3n) is 7.02. The topological polar surface area (TPSA) is 62.7 Å². The Bertz CT molecular complexity index is 1340. The van der Waals surface area contributed by atoms with Crippen molar-refractivity contribution in [2.75, 3.05) is 44.3 Å². The average molecular weight is 520 g/mol. The van der Waals surface area contributed by atoms with E-state index in [0.29, 0.717) is 36.9 Å². The van der Waals surface area contributed by atoms with Crippen molar-refractivity contribution < 1.29 is 26.3 Å². The number of halogens is 3. The minimum absolute atomic E-state index is 0.0219. The van der Waals surface area contributed by atoms with Crippen molar-refractivity contribution in [1.29, 1.82) is 0 Å². The molecule has 36 heavy (non-hydrogen) atoms. The number of pyridine rings is 1. The van der Waals surface area contributed by atoms with Gasteiger partial charge in [-0.15, -0.1) is 0 Å². The van der Waals surface area contributed by atoms with Crippen molar-refractivity contribution in [3.8, 4) is 0 Å². The number of sulfone groups is 1. The zero-order valence-electron chi connectivity index (χ0n) is 19.8. The van der Waals surface area contributed by atoms with Crippen LogP contribution in [0.5, 0.6) is 0 Å². The van der Waals surface area contributed by atoms with Crippen LogP contribution in [0.4, 0.5) is 18.9 Å². The van der Waals surface area contributed by atoms with Crippen molar-refractivity contribution in [2.45, 2.75) is 41.5 Å². The molecule has 1 aromatic heterocycles. The third kappa shape index (κ3) is 4.94. The molecular weight excluding hydrogens is 491 g/mol. The molecular formula is C26H28F3N3O3S. The van der Waals surface area contributed by atoms with E-state index in [4.69, 9.17) is 4.74 Å². The van der Waals surface area contributed by atoms with Crippen molar-refractivity contribution in [1.82, 2.24) is 9.88 Å². The van der Waals surface area contributed by atoms with Gasteiger partial charge in [-0.25, -0.2) is 21.6 Å². The Morgan fingerprint density at radius 3 is 2.50 bits per heavy atom. The van der Waals surface area contributed by atoms with E-state index in [2.05, 4.69) is 9.88 Å². The maximum Gasteiger partial charge on any atom is 0.210 e. The van der Waals surface area contributed by atoms with E-state index >= 15 is 0 Å². The number of aromatic nitrogens is 1. The molecule has 0 N–H and O–H groups in total. The number of rotatable bonds is 6. The summed E-state index contributed by atoms with van der Waals surface area (Å²) in [5.41, 5.74) is 0.408. The molecule has 0 radical (unpaired) electrons. The number of anilines is 1. The summed E-state index contributed by atoms with van der Waals surface area (Å²) in [5, 5.41) is 0.367. The minimum atomic E-state index is -4.36. The summed E-state index contributed by atoms with van der Waals surface area (Å²) in [7, 11) is -4.36. The number of nitrogens with zero attached hydrogens (tertiary/aromatic N) is 3. The Morgan fingerprint density at radius 2 is 1.75 bits per heavy atom. The third-order valence-corrected chi connectivity index (χ3v) is 8.75. The highest BCUT2D eigenvalue weighted by Gasteiger charge is 2.32. The van der Waals surface area contributed by atoms with Crippen LogP contribution in [0.3, 0.4) is 0 Å². The second-order valence-corrected chi connectivity index (χ2v) is 11.2. The van der Waals surface area contributed by atoms with Gasteiger partial charge in [0.25, 0.3) is 0 Å². The highest BCUT2D eigenvalue weighted by atomic mass is 32.2. The van der Waals surface area contributed by atoms with Gasteiger partial charge in [0.15, 0.2) is 0 Å². The van der Waals surface area contributed by atoms with E-state index < -0.39 is 32.2 Å². The van der Waals surface area contributed by atoms with Crippen LogP contribution >= 0.6 is 0 Å². The monoisotopic (exact) mass is 519 g/mol.